The largest absolute Gasteiger partial charge is 0.465 e. The molecule has 2 atom stereocenters. The molecule has 178 valence electrons. The number of hydrogen-bond donors (Lipinski definition) is 1. The zero-order valence-corrected chi connectivity index (χ0v) is 19.4. The highest BCUT2D eigenvalue weighted by molar-refractivity contribution is 5.92. The summed E-state index contributed by atoms with van der Waals surface area (Å²) >= 11 is 0. The minimum atomic E-state index is -0.894. The number of amides is 2. The predicted molar refractivity (Wildman–Crippen MR) is 120 cm³/mol. The molecule has 1 aromatic carbocycles. The van der Waals surface area contributed by atoms with Crippen LogP contribution in [0, 0.1) is 11.3 Å². The lowest BCUT2D eigenvalue weighted by Crippen LogP contribution is -2.52. The van der Waals surface area contributed by atoms with E-state index in [-0.39, 0.29) is 44.1 Å². The summed E-state index contributed by atoms with van der Waals surface area (Å²) in [5, 5.41) is 2.90. The summed E-state index contributed by atoms with van der Waals surface area (Å²) in [5.74, 6) is 0.126. The first-order chi connectivity index (χ1) is 16.0. The van der Waals surface area contributed by atoms with Gasteiger partial charge < -0.3 is 24.4 Å². The maximum Gasteiger partial charge on any atom is 0.318 e. The summed E-state index contributed by atoms with van der Waals surface area (Å²) in [4.78, 5) is 41.0. The van der Waals surface area contributed by atoms with Gasteiger partial charge in [0.25, 0.3) is 0 Å². The number of nitrogens with zero attached hydrogens (tertiary/aromatic N) is 1. The highest BCUT2D eigenvalue weighted by Crippen LogP contribution is 2.51. The number of hydrogen-bond acceptors (Lipinski definition) is 6. The molecule has 0 unspecified atom stereocenters. The van der Waals surface area contributed by atoms with Crippen molar-refractivity contribution in [1.29, 1.82) is 0 Å². The lowest BCUT2D eigenvalue weighted by atomic mass is 9.71. The first kappa shape index (κ1) is 23.1. The maximum atomic E-state index is 13.6. The van der Waals surface area contributed by atoms with Gasteiger partial charge in [0.2, 0.25) is 18.6 Å². The number of unbranched alkanes of at least 4 members (excludes halogenated alkanes) is 1. The Hall–Kier alpha value is -3.03. The number of benzene rings is 1. The summed E-state index contributed by atoms with van der Waals surface area (Å²) in [5.41, 5.74) is 0.673. The summed E-state index contributed by atoms with van der Waals surface area (Å²) < 4.78 is 16.3. The van der Waals surface area contributed by atoms with E-state index in [2.05, 4.69) is 12.2 Å². The molecule has 0 bridgehead atoms. The minimum Gasteiger partial charge on any atom is -0.465 e. The van der Waals surface area contributed by atoms with Gasteiger partial charge in [0.05, 0.1) is 13.2 Å². The fraction of sp³-hybridized carbons (Fsp3) is 0.560. The van der Waals surface area contributed by atoms with Crippen LogP contribution in [0.4, 0.5) is 0 Å². The zero-order chi connectivity index (χ0) is 23.4. The van der Waals surface area contributed by atoms with Crippen molar-refractivity contribution in [2.75, 3.05) is 19.9 Å². The van der Waals surface area contributed by atoms with Gasteiger partial charge in [-0.1, -0.05) is 25.5 Å². The number of carbonyl (C=O) groups is 3. The van der Waals surface area contributed by atoms with Crippen LogP contribution in [0.2, 0.25) is 0 Å². The maximum absolute atomic E-state index is 13.6. The van der Waals surface area contributed by atoms with Crippen molar-refractivity contribution < 1.29 is 28.6 Å². The van der Waals surface area contributed by atoms with E-state index in [0.29, 0.717) is 43.0 Å². The van der Waals surface area contributed by atoms with Gasteiger partial charge in [0.1, 0.15) is 5.41 Å². The molecule has 8 heteroatoms. The first-order valence-electron chi connectivity index (χ1n) is 11.8. The van der Waals surface area contributed by atoms with Crippen LogP contribution < -0.4 is 14.8 Å². The number of allylic oxidation sites excluding steroid dienone is 1. The molecule has 0 radical (unpaired) electrons. The smallest absolute Gasteiger partial charge is 0.318 e. The molecule has 2 aliphatic heterocycles. The van der Waals surface area contributed by atoms with E-state index in [1.807, 2.05) is 24.3 Å². The second kappa shape index (κ2) is 9.85. The van der Waals surface area contributed by atoms with Crippen LogP contribution in [0.1, 0.15) is 57.9 Å². The van der Waals surface area contributed by atoms with Crippen molar-refractivity contribution in [3.63, 3.8) is 0 Å². The van der Waals surface area contributed by atoms with E-state index < -0.39 is 11.3 Å². The molecule has 1 saturated heterocycles. The number of rotatable bonds is 9. The third-order valence-electron chi connectivity index (χ3n) is 6.63. The Kier molecular flexibility index (Phi) is 6.91. The van der Waals surface area contributed by atoms with E-state index >= 15 is 0 Å². The topological polar surface area (TPSA) is 94.2 Å². The van der Waals surface area contributed by atoms with Crippen LogP contribution in [0.25, 0.3) is 0 Å². The van der Waals surface area contributed by atoms with Gasteiger partial charge in [-0.15, -0.1) is 0 Å². The van der Waals surface area contributed by atoms with E-state index in [1.165, 1.54) is 0 Å². The Bertz CT molecular complexity index is 958. The van der Waals surface area contributed by atoms with Gasteiger partial charge in [-0.2, -0.15) is 0 Å². The number of carbonyl (C=O) groups excluding carboxylic acids is 3. The SMILES string of the molecule is CCCCNC(=O)C[C@@H]1C[C@@]2(C(=O)OCC)CCC=C2N(Cc2ccc3c(c2)OCO3)C1=O. The van der Waals surface area contributed by atoms with Crippen molar-refractivity contribution in [3.8, 4) is 11.5 Å². The van der Waals surface area contributed by atoms with Crippen LogP contribution in [0.15, 0.2) is 30.0 Å². The molecule has 0 spiro atoms. The third-order valence-corrected chi connectivity index (χ3v) is 6.63. The van der Waals surface area contributed by atoms with Crippen molar-refractivity contribution in [3.05, 3.63) is 35.5 Å². The van der Waals surface area contributed by atoms with Crippen molar-refractivity contribution in [2.45, 2.75) is 58.9 Å². The molecule has 1 aromatic rings. The molecule has 33 heavy (non-hydrogen) atoms. The number of likely N-dealkylation sites (tertiary alicyclic amines) is 1. The lowest BCUT2D eigenvalue weighted by Gasteiger charge is -2.44. The van der Waals surface area contributed by atoms with Gasteiger partial charge in [0, 0.05) is 24.6 Å². The van der Waals surface area contributed by atoms with E-state index in [4.69, 9.17) is 14.2 Å². The van der Waals surface area contributed by atoms with Gasteiger partial charge in [-0.3, -0.25) is 14.4 Å². The number of piperidine rings is 1. The van der Waals surface area contributed by atoms with Gasteiger partial charge >= 0.3 is 5.97 Å². The average Bonchev–Trinajstić information content (AvgIpc) is 3.44. The fourth-order valence-corrected chi connectivity index (χ4v) is 5.01. The van der Waals surface area contributed by atoms with Crippen molar-refractivity contribution in [1.82, 2.24) is 10.2 Å². The quantitative estimate of drug-likeness (QED) is 0.453. The second-order valence-corrected chi connectivity index (χ2v) is 8.85. The number of esters is 1. The molecule has 2 heterocycles. The second-order valence-electron chi connectivity index (χ2n) is 8.85. The Morgan fingerprint density at radius 3 is 2.85 bits per heavy atom. The lowest BCUT2D eigenvalue weighted by molar-refractivity contribution is -0.161. The van der Waals surface area contributed by atoms with Crippen LogP contribution in [0.3, 0.4) is 0 Å². The van der Waals surface area contributed by atoms with E-state index in [9.17, 15) is 14.4 Å². The molecule has 4 rings (SSSR count). The van der Waals surface area contributed by atoms with Crippen LogP contribution in [-0.2, 0) is 25.7 Å². The van der Waals surface area contributed by atoms with Gasteiger partial charge in [0.15, 0.2) is 11.5 Å². The summed E-state index contributed by atoms with van der Waals surface area (Å²) in [6.07, 6.45) is 5.48. The first-order valence-corrected chi connectivity index (χ1v) is 11.8. The zero-order valence-electron chi connectivity index (χ0n) is 19.4. The normalized spacial score (nSPS) is 23.2. The molecular weight excluding hydrogens is 424 g/mol. The molecule has 2 amide bonds. The number of fused-ring (bicyclic) bond motifs is 2. The van der Waals surface area contributed by atoms with E-state index in [1.54, 1.807) is 11.8 Å². The Labute approximate surface area is 194 Å². The highest BCUT2D eigenvalue weighted by atomic mass is 16.7. The van der Waals surface area contributed by atoms with E-state index in [0.717, 1.165) is 18.4 Å². The van der Waals surface area contributed by atoms with Gasteiger partial charge in [-0.25, -0.2) is 0 Å². The molecule has 1 N–H and O–H groups in total. The minimum absolute atomic E-state index is 0.0641. The average molecular weight is 457 g/mol. The predicted octanol–water partition coefficient (Wildman–Crippen LogP) is 3.30. The summed E-state index contributed by atoms with van der Waals surface area (Å²) in [6.45, 7) is 5.16. The third kappa shape index (κ3) is 4.56. The molecule has 0 saturated carbocycles. The molecule has 0 aromatic heterocycles. The molecule has 8 nitrogen and oxygen atoms in total. The molecule has 1 fully saturated rings. The van der Waals surface area contributed by atoms with Crippen LogP contribution in [0.5, 0.6) is 11.5 Å². The molecular formula is C25H32N2O6. The monoisotopic (exact) mass is 456 g/mol. The summed E-state index contributed by atoms with van der Waals surface area (Å²) in [7, 11) is 0. The summed E-state index contributed by atoms with van der Waals surface area (Å²) in [6, 6.07) is 5.58. The van der Waals surface area contributed by atoms with Crippen LogP contribution in [-0.4, -0.2) is 42.6 Å². The number of nitrogens with one attached hydrogen (secondary N) is 1. The van der Waals surface area contributed by atoms with Crippen molar-refractivity contribution >= 4 is 17.8 Å². The van der Waals surface area contributed by atoms with Gasteiger partial charge in [-0.05, 0) is 50.3 Å². The molecule has 3 aliphatic rings. The Morgan fingerprint density at radius 1 is 1.24 bits per heavy atom. The fourth-order valence-electron chi connectivity index (χ4n) is 5.01. The standard InChI is InChI=1S/C25H32N2O6/c1-3-5-11-26-22(28)13-18-14-25(24(30)31-4-2)10-6-7-21(25)27(23(18)29)15-17-8-9-19-20(12-17)33-16-32-19/h7-9,12,18H,3-6,10-11,13-16H2,1-2H3,(H,26,28)/t18-,25+/m1/s1. The highest BCUT2D eigenvalue weighted by Gasteiger charge is 2.55. The van der Waals surface area contributed by atoms with Crippen LogP contribution >= 0.6 is 0 Å². The molecule has 1 aliphatic carbocycles. The Balaban J connectivity index is 1.61. The Morgan fingerprint density at radius 2 is 2.06 bits per heavy atom. The van der Waals surface area contributed by atoms with Crippen molar-refractivity contribution in [2.24, 2.45) is 11.3 Å². The number of ether oxygens (including phenoxy) is 3.